The molecule has 0 bridgehead atoms. The molecule has 7 nitrogen and oxygen atoms in total. The third kappa shape index (κ3) is 7.91. The van der Waals surface area contributed by atoms with Gasteiger partial charge in [-0.05, 0) is 49.1 Å². The molecule has 40 heavy (non-hydrogen) atoms. The van der Waals surface area contributed by atoms with Gasteiger partial charge in [-0.25, -0.2) is 12.8 Å². The smallest absolute Gasteiger partial charge is 0.244 e. The van der Waals surface area contributed by atoms with E-state index in [1.807, 2.05) is 61.5 Å². The van der Waals surface area contributed by atoms with Crippen LogP contribution in [-0.4, -0.2) is 50.0 Å². The summed E-state index contributed by atoms with van der Waals surface area (Å²) in [6.07, 6.45) is 5.09. The van der Waals surface area contributed by atoms with E-state index in [-0.39, 0.29) is 30.6 Å². The lowest BCUT2D eigenvalue weighted by Gasteiger charge is -2.34. The summed E-state index contributed by atoms with van der Waals surface area (Å²) in [5.74, 6) is -1.44. The van der Waals surface area contributed by atoms with Crippen molar-refractivity contribution < 1.29 is 22.4 Å². The van der Waals surface area contributed by atoms with Crippen LogP contribution in [0.15, 0.2) is 78.9 Å². The number of aryl methyl sites for hydroxylation is 1. The van der Waals surface area contributed by atoms with Gasteiger partial charge < -0.3 is 10.2 Å². The van der Waals surface area contributed by atoms with Crippen molar-refractivity contribution in [1.82, 2.24) is 10.2 Å². The molecule has 1 atom stereocenters. The molecule has 0 radical (unpaired) electrons. The lowest BCUT2D eigenvalue weighted by atomic mass is 10.0. The first kappa shape index (κ1) is 29.3. The van der Waals surface area contributed by atoms with Crippen molar-refractivity contribution in [3.63, 3.8) is 0 Å². The normalized spacial score (nSPS) is 14.5. The Morgan fingerprint density at radius 3 is 2.27 bits per heavy atom. The highest BCUT2D eigenvalue weighted by Crippen LogP contribution is 2.23. The molecule has 1 unspecified atom stereocenters. The molecule has 1 saturated carbocycles. The van der Waals surface area contributed by atoms with Crippen LogP contribution in [0.1, 0.15) is 42.4 Å². The van der Waals surface area contributed by atoms with E-state index in [2.05, 4.69) is 5.32 Å². The number of hydrogen-bond donors (Lipinski definition) is 1. The zero-order chi connectivity index (χ0) is 28.7. The molecule has 0 aliphatic heterocycles. The molecule has 1 N–H and O–H groups in total. The van der Waals surface area contributed by atoms with E-state index in [1.54, 1.807) is 0 Å². The standard InChI is InChI=1S/C31H36FN3O4S/c1-23-10-8-13-25(18-23)21-34(30(36)22-35(40(2,38)39)28-17-9-14-26(32)20-28)29(19-24-11-4-3-5-12-24)31(37)33-27-15-6-7-16-27/h3-5,8-14,17-18,20,27,29H,6-7,15-16,19,21-22H2,1-2H3,(H,33,37). The topological polar surface area (TPSA) is 86.8 Å². The highest BCUT2D eigenvalue weighted by molar-refractivity contribution is 7.92. The molecule has 1 aliphatic rings. The summed E-state index contributed by atoms with van der Waals surface area (Å²) in [5.41, 5.74) is 2.73. The van der Waals surface area contributed by atoms with Gasteiger partial charge in [0.05, 0.1) is 11.9 Å². The summed E-state index contributed by atoms with van der Waals surface area (Å²) < 4.78 is 40.5. The van der Waals surface area contributed by atoms with E-state index in [0.717, 1.165) is 59.0 Å². The molecule has 0 saturated heterocycles. The van der Waals surface area contributed by atoms with Crippen LogP contribution in [0.4, 0.5) is 10.1 Å². The zero-order valence-electron chi connectivity index (χ0n) is 22.9. The van der Waals surface area contributed by atoms with Gasteiger partial charge >= 0.3 is 0 Å². The van der Waals surface area contributed by atoms with E-state index >= 15 is 0 Å². The summed E-state index contributed by atoms with van der Waals surface area (Å²) >= 11 is 0. The van der Waals surface area contributed by atoms with E-state index in [0.29, 0.717) is 0 Å². The fourth-order valence-electron chi connectivity index (χ4n) is 5.17. The van der Waals surface area contributed by atoms with E-state index in [1.165, 1.54) is 23.1 Å². The van der Waals surface area contributed by atoms with Crippen LogP contribution in [0.3, 0.4) is 0 Å². The summed E-state index contributed by atoms with van der Waals surface area (Å²) in [6, 6.07) is 21.4. The minimum atomic E-state index is -3.95. The third-order valence-electron chi connectivity index (χ3n) is 7.18. The van der Waals surface area contributed by atoms with Crippen LogP contribution in [0.2, 0.25) is 0 Å². The SMILES string of the molecule is Cc1cccc(CN(C(=O)CN(c2cccc(F)c2)S(C)(=O)=O)C(Cc2ccccc2)C(=O)NC2CCCC2)c1. The Morgan fingerprint density at radius 2 is 1.62 bits per heavy atom. The average molecular weight is 566 g/mol. The number of hydrogen-bond acceptors (Lipinski definition) is 4. The lowest BCUT2D eigenvalue weighted by molar-refractivity contribution is -0.140. The van der Waals surface area contributed by atoms with Gasteiger partial charge in [0.15, 0.2) is 0 Å². The van der Waals surface area contributed by atoms with Crippen LogP contribution >= 0.6 is 0 Å². The maximum Gasteiger partial charge on any atom is 0.244 e. The van der Waals surface area contributed by atoms with Crippen molar-refractivity contribution in [2.24, 2.45) is 0 Å². The number of halogens is 1. The monoisotopic (exact) mass is 565 g/mol. The predicted octanol–water partition coefficient (Wildman–Crippen LogP) is 4.60. The quantitative estimate of drug-likeness (QED) is 0.368. The Hall–Kier alpha value is -3.72. The second-order valence-electron chi connectivity index (χ2n) is 10.5. The molecule has 0 heterocycles. The van der Waals surface area contributed by atoms with Crippen molar-refractivity contribution in [2.45, 2.75) is 57.7 Å². The van der Waals surface area contributed by atoms with Gasteiger partial charge in [-0.3, -0.25) is 13.9 Å². The Morgan fingerprint density at radius 1 is 0.950 bits per heavy atom. The van der Waals surface area contributed by atoms with Crippen LogP contribution < -0.4 is 9.62 Å². The molecule has 9 heteroatoms. The molecule has 3 aromatic rings. The van der Waals surface area contributed by atoms with Crippen LogP contribution in [0.5, 0.6) is 0 Å². The second-order valence-corrected chi connectivity index (χ2v) is 12.4. The molecule has 3 aromatic carbocycles. The van der Waals surface area contributed by atoms with Crippen LogP contribution in [0, 0.1) is 12.7 Å². The molecule has 4 rings (SSSR count). The Bertz CT molecular complexity index is 1430. The molecular weight excluding hydrogens is 529 g/mol. The Labute approximate surface area is 236 Å². The number of carbonyl (C=O) groups is 2. The molecule has 1 fully saturated rings. The number of carbonyl (C=O) groups excluding carboxylic acids is 2. The number of sulfonamides is 1. The van der Waals surface area contributed by atoms with Crippen LogP contribution in [-0.2, 0) is 32.6 Å². The van der Waals surface area contributed by atoms with E-state index < -0.39 is 34.3 Å². The molecule has 0 spiro atoms. The second kappa shape index (κ2) is 13.1. The van der Waals surface area contributed by atoms with Crippen molar-refractivity contribution >= 4 is 27.5 Å². The molecule has 0 aromatic heterocycles. The number of rotatable bonds is 11. The number of anilines is 1. The largest absolute Gasteiger partial charge is 0.352 e. The molecular formula is C31H36FN3O4S. The molecule has 2 amide bonds. The lowest BCUT2D eigenvalue weighted by Crippen LogP contribution is -2.54. The number of nitrogens with zero attached hydrogens (tertiary/aromatic N) is 2. The maximum atomic E-state index is 14.1. The first-order valence-electron chi connectivity index (χ1n) is 13.5. The summed E-state index contributed by atoms with van der Waals surface area (Å²) in [7, 11) is -3.95. The Kier molecular flexibility index (Phi) is 9.58. The zero-order valence-corrected chi connectivity index (χ0v) is 23.7. The average Bonchev–Trinajstić information content (AvgIpc) is 3.42. The van der Waals surface area contributed by atoms with Gasteiger partial charge in [-0.1, -0.05) is 79.1 Å². The van der Waals surface area contributed by atoms with Crippen LogP contribution in [0.25, 0.3) is 0 Å². The van der Waals surface area contributed by atoms with Gasteiger partial charge in [0.2, 0.25) is 21.8 Å². The van der Waals surface area contributed by atoms with Crippen molar-refractivity contribution in [2.75, 3.05) is 17.1 Å². The first-order chi connectivity index (χ1) is 19.1. The first-order valence-corrected chi connectivity index (χ1v) is 15.4. The van der Waals surface area contributed by atoms with Gasteiger partial charge in [-0.15, -0.1) is 0 Å². The van der Waals surface area contributed by atoms with Crippen molar-refractivity contribution in [3.05, 3.63) is 101 Å². The fourth-order valence-corrected chi connectivity index (χ4v) is 6.02. The summed E-state index contributed by atoms with van der Waals surface area (Å²) in [5, 5.41) is 3.14. The highest BCUT2D eigenvalue weighted by atomic mass is 32.2. The minimum Gasteiger partial charge on any atom is -0.352 e. The fraction of sp³-hybridized carbons (Fsp3) is 0.355. The number of amides is 2. The third-order valence-corrected chi connectivity index (χ3v) is 8.32. The van der Waals surface area contributed by atoms with Gasteiger partial charge in [0.1, 0.15) is 18.4 Å². The van der Waals surface area contributed by atoms with E-state index in [9.17, 15) is 22.4 Å². The van der Waals surface area contributed by atoms with E-state index in [4.69, 9.17) is 0 Å². The number of nitrogens with one attached hydrogen (secondary N) is 1. The van der Waals surface area contributed by atoms with Gasteiger partial charge in [-0.2, -0.15) is 0 Å². The van der Waals surface area contributed by atoms with Crippen molar-refractivity contribution in [3.8, 4) is 0 Å². The molecule has 212 valence electrons. The minimum absolute atomic E-state index is 0.0429. The summed E-state index contributed by atoms with van der Waals surface area (Å²) in [4.78, 5) is 29.3. The maximum absolute atomic E-state index is 14.1. The van der Waals surface area contributed by atoms with Gasteiger partial charge in [0.25, 0.3) is 0 Å². The molecule has 1 aliphatic carbocycles. The number of benzene rings is 3. The highest BCUT2D eigenvalue weighted by Gasteiger charge is 2.34. The summed E-state index contributed by atoms with van der Waals surface area (Å²) in [6.45, 7) is 1.48. The Balaban J connectivity index is 1.72. The van der Waals surface area contributed by atoms with Crippen molar-refractivity contribution in [1.29, 1.82) is 0 Å². The van der Waals surface area contributed by atoms with Gasteiger partial charge in [0, 0.05) is 19.0 Å². The predicted molar refractivity (Wildman–Crippen MR) is 155 cm³/mol.